The van der Waals surface area contributed by atoms with Gasteiger partial charge in [-0.3, -0.25) is 4.79 Å². The van der Waals surface area contributed by atoms with Gasteiger partial charge in [0.15, 0.2) is 0 Å². The quantitative estimate of drug-likeness (QED) is 0.911. The van der Waals surface area contributed by atoms with Crippen molar-refractivity contribution in [1.29, 1.82) is 0 Å². The molecule has 1 aliphatic rings. The van der Waals surface area contributed by atoms with Crippen molar-refractivity contribution in [2.24, 2.45) is 5.92 Å². The maximum Gasteiger partial charge on any atom is 0.410 e. The summed E-state index contributed by atoms with van der Waals surface area (Å²) in [5, 5.41) is 9.45. The number of carboxylic acids is 1. The molecule has 0 saturated carbocycles. The van der Waals surface area contributed by atoms with Gasteiger partial charge in [-0.05, 0) is 32.8 Å². The van der Waals surface area contributed by atoms with Gasteiger partial charge in [-0.2, -0.15) is 0 Å². The van der Waals surface area contributed by atoms with Crippen molar-refractivity contribution in [2.75, 3.05) is 13.1 Å². The summed E-state index contributed by atoms with van der Waals surface area (Å²) in [7, 11) is 0. The van der Waals surface area contributed by atoms with Crippen LogP contribution < -0.4 is 0 Å². The summed E-state index contributed by atoms with van der Waals surface area (Å²) in [6.45, 7) is 6.25. The fourth-order valence-electron chi connectivity index (χ4n) is 2.78. The number of aliphatic carboxylic acids is 1. The molecule has 1 saturated heterocycles. The van der Waals surface area contributed by atoms with Crippen LogP contribution in [0, 0.1) is 5.92 Å². The van der Waals surface area contributed by atoms with Crippen LogP contribution in [0.25, 0.3) is 0 Å². The number of carbonyl (C=O) groups is 2. The van der Waals surface area contributed by atoms with Crippen LogP contribution in [0.15, 0.2) is 30.3 Å². The molecule has 0 unspecified atom stereocenters. The maximum atomic E-state index is 12.2. The monoisotopic (exact) mass is 305 g/mol. The van der Waals surface area contributed by atoms with E-state index in [1.54, 1.807) is 4.90 Å². The van der Waals surface area contributed by atoms with Crippen molar-refractivity contribution in [2.45, 2.75) is 38.7 Å². The fraction of sp³-hybridized carbons (Fsp3) is 0.529. The van der Waals surface area contributed by atoms with Gasteiger partial charge < -0.3 is 14.7 Å². The van der Waals surface area contributed by atoms with Crippen LogP contribution in [0.4, 0.5) is 4.79 Å². The standard InChI is InChI=1S/C17H23NO4/c1-17(2,3)22-16(21)18-10-9-13(15(19)20)14(11-18)12-7-5-4-6-8-12/h4-8,13-14H,9-11H2,1-3H3,(H,19,20)/t13-,14+/m0/s1. The van der Waals surface area contributed by atoms with Gasteiger partial charge in [0.2, 0.25) is 0 Å². The Labute approximate surface area is 130 Å². The molecule has 0 spiro atoms. The molecule has 1 aliphatic heterocycles. The number of amides is 1. The minimum Gasteiger partial charge on any atom is -0.481 e. The zero-order valence-corrected chi connectivity index (χ0v) is 13.3. The van der Waals surface area contributed by atoms with Crippen LogP contribution in [0.3, 0.4) is 0 Å². The van der Waals surface area contributed by atoms with E-state index >= 15 is 0 Å². The molecule has 2 rings (SSSR count). The number of nitrogens with zero attached hydrogens (tertiary/aromatic N) is 1. The largest absolute Gasteiger partial charge is 0.481 e. The molecule has 2 atom stereocenters. The second kappa shape index (κ2) is 6.38. The lowest BCUT2D eigenvalue weighted by atomic mass is 9.81. The zero-order chi connectivity index (χ0) is 16.3. The van der Waals surface area contributed by atoms with Crippen LogP contribution in [0.2, 0.25) is 0 Å². The number of hydrogen-bond acceptors (Lipinski definition) is 3. The molecule has 5 nitrogen and oxygen atoms in total. The number of piperidine rings is 1. The van der Waals surface area contributed by atoms with E-state index in [9.17, 15) is 14.7 Å². The Morgan fingerprint density at radius 2 is 1.86 bits per heavy atom. The van der Waals surface area contributed by atoms with Gasteiger partial charge in [0.1, 0.15) is 5.60 Å². The molecule has 1 fully saturated rings. The number of likely N-dealkylation sites (tertiary alicyclic amines) is 1. The second-order valence-corrected chi connectivity index (χ2v) is 6.68. The first-order valence-electron chi connectivity index (χ1n) is 7.53. The Kier molecular flexibility index (Phi) is 4.74. The van der Waals surface area contributed by atoms with Gasteiger partial charge in [-0.25, -0.2) is 4.79 Å². The summed E-state index contributed by atoms with van der Waals surface area (Å²) >= 11 is 0. The van der Waals surface area contributed by atoms with Crippen molar-refractivity contribution in [3.8, 4) is 0 Å². The number of rotatable bonds is 2. The minimum atomic E-state index is -0.808. The number of ether oxygens (including phenoxy) is 1. The van der Waals surface area contributed by atoms with Crippen molar-refractivity contribution >= 4 is 12.1 Å². The molecule has 0 radical (unpaired) electrons. The Morgan fingerprint density at radius 1 is 1.23 bits per heavy atom. The van der Waals surface area contributed by atoms with Crippen molar-refractivity contribution in [3.63, 3.8) is 0 Å². The predicted molar refractivity (Wildman–Crippen MR) is 82.7 cm³/mol. The highest BCUT2D eigenvalue weighted by Crippen LogP contribution is 2.33. The average molecular weight is 305 g/mol. The molecule has 1 heterocycles. The molecule has 1 aromatic rings. The van der Waals surface area contributed by atoms with Crippen LogP contribution in [0.1, 0.15) is 38.7 Å². The molecule has 1 aromatic carbocycles. The Hall–Kier alpha value is -2.04. The van der Waals surface area contributed by atoms with E-state index in [1.165, 1.54) is 0 Å². The second-order valence-electron chi connectivity index (χ2n) is 6.68. The highest BCUT2D eigenvalue weighted by molar-refractivity contribution is 5.73. The zero-order valence-electron chi connectivity index (χ0n) is 13.3. The minimum absolute atomic E-state index is 0.208. The topological polar surface area (TPSA) is 66.8 Å². The molecule has 1 N–H and O–H groups in total. The van der Waals surface area contributed by atoms with Crippen molar-refractivity contribution < 1.29 is 19.4 Å². The lowest BCUT2D eigenvalue weighted by Gasteiger charge is -2.37. The van der Waals surface area contributed by atoms with Crippen LogP contribution in [0.5, 0.6) is 0 Å². The predicted octanol–water partition coefficient (Wildman–Crippen LogP) is 3.11. The van der Waals surface area contributed by atoms with Gasteiger partial charge in [-0.15, -0.1) is 0 Å². The van der Waals surface area contributed by atoms with Gasteiger partial charge in [0.25, 0.3) is 0 Å². The fourth-order valence-corrected chi connectivity index (χ4v) is 2.78. The summed E-state index contributed by atoms with van der Waals surface area (Å²) in [4.78, 5) is 25.3. The Balaban J connectivity index is 2.17. The molecule has 0 bridgehead atoms. The van der Waals surface area contributed by atoms with Crippen LogP contribution in [-0.4, -0.2) is 40.8 Å². The van der Waals surface area contributed by atoms with E-state index < -0.39 is 17.5 Å². The first-order chi connectivity index (χ1) is 10.3. The number of carboxylic acid groups (broad SMARTS) is 1. The van der Waals surface area contributed by atoms with Crippen molar-refractivity contribution in [1.82, 2.24) is 4.90 Å². The third kappa shape index (κ3) is 4.00. The van der Waals surface area contributed by atoms with Gasteiger partial charge in [0, 0.05) is 19.0 Å². The molecular formula is C17H23NO4. The molecule has 22 heavy (non-hydrogen) atoms. The summed E-state index contributed by atoms with van der Waals surface area (Å²) in [6.07, 6.45) is 0.0611. The van der Waals surface area contributed by atoms with Crippen LogP contribution in [-0.2, 0) is 9.53 Å². The summed E-state index contributed by atoms with van der Waals surface area (Å²) < 4.78 is 5.40. The normalized spacial score (nSPS) is 22.2. The Bertz CT molecular complexity index is 535. The molecule has 5 heteroatoms. The number of carbonyl (C=O) groups excluding carboxylic acids is 1. The number of benzene rings is 1. The first-order valence-corrected chi connectivity index (χ1v) is 7.53. The van der Waals surface area contributed by atoms with Gasteiger partial charge >= 0.3 is 12.1 Å². The van der Waals surface area contributed by atoms with Gasteiger partial charge in [-0.1, -0.05) is 30.3 Å². The average Bonchev–Trinajstić information content (AvgIpc) is 2.45. The third-order valence-corrected chi connectivity index (χ3v) is 3.81. The van der Waals surface area contributed by atoms with Gasteiger partial charge in [0.05, 0.1) is 5.92 Å². The van der Waals surface area contributed by atoms with E-state index in [-0.39, 0.29) is 12.0 Å². The molecule has 0 aliphatic carbocycles. The smallest absolute Gasteiger partial charge is 0.410 e. The molecular weight excluding hydrogens is 282 g/mol. The van der Waals surface area contributed by atoms with E-state index in [1.807, 2.05) is 51.1 Å². The van der Waals surface area contributed by atoms with E-state index in [0.717, 1.165) is 5.56 Å². The van der Waals surface area contributed by atoms with E-state index in [0.29, 0.717) is 19.5 Å². The summed E-state index contributed by atoms with van der Waals surface area (Å²) in [5.41, 5.74) is 0.395. The maximum absolute atomic E-state index is 12.2. The highest BCUT2D eigenvalue weighted by Gasteiger charge is 2.37. The van der Waals surface area contributed by atoms with E-state index in [2.05, 4.69) is 0 Å². The molecule has 1 amide bonds. The Morgan fingerprint density at radius 3 is 2.41 bits per heavy atom. The molecule has 0 aromatic heterocycles. The third-order valence-electron chi connectivity index (χ3n) is 3.81. The highest BCUT2D eigenvalue weighted by atomic mass is 16.6. The summed E-state index contributed by atoms with van der Waals surface area (Å²) in [5.74, 6) is -1.49. The van der Waals surface area contributed by atoms with Crippen molar-refractivity contribution in [3.05, 3.63) is 35.9 Å². The first kappa shape index (κ1) is 16.3. The number of hydrogen-bond donors (Lipinski definition) is 1. The van der Waals surface area contributed by atoms with Crippen LogP contribution >= 0.6 is 0 Å². The van der Waals surface area contributed by atoms with E-state index in [4.69, 9.17) is 4.74 Å². The lowest BCUT2D eigenvalue weighted by molar-refractivity contribution is -0.144. The molecule has 120 valence electrons. The summed E-state index contributed by atoms with van der Waals surface area (Å²) in [6, 6.07) is 9.51. The SMILES string of the molecule is CC(C)(C)OC(=O)N1CC[C@H](C(=O)O)[C@@H](c2ccccc2)C1. The lowest BCUT2D eigenvalue weighted by Crippen LogP contribution is -2.46.